The quantitative estimate of drug-likeness (QED) is 0.328. The number of carboxylic acid groups (broad SMARTS) is 1. The molecular weight excluding hydrogens is 487 g/mol. The number of carbonyl (C=O) groups excluding carboxylic acids is 1. The number of anilines is 2. The standard InChI is InChI=1S/C27H22F3N3O4/c1-33-21-8-3-2-7-20(21)22(31-19-6-4-5-18(13-19)27(28,29)30)23(33)24(34)32-26(14-37-15-26)17-11-9-16(10-12-17)25(35)36/h2-13,31H,14-15H2,1H3,(H,32,34)(H,35,36). The fourth-order valence-electron chi connectivity index (χ4n) is 4.53. The van der Waals surface area contributed by atoms with Crippen LogP contribution in [-0.2, 0) is 23.5 Å². The van der Waals surface area contributed by atoms with E-state index in [1.807, 2.05) is 12.1 Å². The molecule has 7 nitrogen and oxygen atoms in total. The summed E-state index contributed by atoms with van der Waals surface area (Å²) >= 11 is 0. The first-order chi connectivity index (χ1) is 17.6. The number of ether oxygens (including phenoxy) is 1. The van der Waals surface area contributed by atoms with Crippen molar-refractivity contribution in [1.82, 2.24) is 9.88 Å². The molecule has 3 N–H and O–H groups in total. The molecular formula is C27H22F3N3O4. The average Bonchev–Trinajstić information content (AvgIpc) is 3.12. The Morgan fingerprint density at radius 2 is 1.70 bits per heavy atom. The van der Waals surface area contributed by atoms with Crippen LogP contribution in [0.3, 0.4) is 0 Å². The van der Waals surface area contributed by atoms with E-state index in [9.17, 15) is 27.9 Å². The van der Waals surface area contributed by atoms with Gasteiger partial charge in [0.15, 0.2) is 0 Å². The summed E-state index contributed by atoms with van der Waals surface area (Å²) in [5.41, 5.74) is 0.614. The van der Waals surface area contributed by atoms with E-state index < -0.39 is 29.2 Å². The molecule has 2 heterocycles. The third-order valence-electron chi connectivity index (χ3n) is 6.52. The number of halogens is 3. The number of hydrogen-bond acceptors (Lipinski definition) is 4. The van der Waals surface area contributed by atoms with Crippen LogP contribution in [0.15, 0.2) is 72.8 Å². The molecule has 1 saturated heterocycles. The van der Waals surface area contributed by atoms with Crippen LogP contribution >= 0.6 is 0 Å². The van der Waals surface area contributed by atoms with Crippen molar-refractivity contribution in [2.45, 2.75) is 11.7 Å². The van der Waals surface area contributed by atoms with Gasteiger partial charge in [-0.25, -0.2) is 4.79 Å². The molecule has 4 aromatic rings. The number of carbonyl (C=O) groups is 2. The molecule has 0 radical (unpaired) electrons. The predicted molar refractivity (Wildman–Crippen MR) is 131 cm³/mol. The van der Waals surface area contributed by atoms with Crippen LogP contribution in [0.25, 0.3) is 10.9 Å². The second-order valence-electron chi connectivity index (χ2n) is 8.91. The van der Waals surface area contributed by atoms with Crippen molar-refractivity contribution >= 4 is 34.2 Å². The lowest BCUT2D eigenvalue weighted by Gasteiger charge is -2.42. The van der Waals surface area contributed by atoms with Crippen molar-refractivity contribution < 1.29 is 32.6 Å². The monoisotopic (exact) mass is 509 g/mol. The highest BCUT2D eigenvalue weighted by atomic mass is 19.4. The number of hydrogen-bond donors (Lipinski definition) is 3. The lowest BCUT2D eigenvalue weighted by atomic mass is 9.87. The van der Waals surface area contributed by atoms with Gasteiger partial charge in [-0.15, -0.1) is 0 Å². The molecule has 10 heteroatoms. The van der Waals surface area contributed by atoms with Gasteiger partial charge in [0.2, 0.25) is 0 Å². The Hall–Kier alpha value is -4.31. The number of nitrogens with one attached hydrogen (secondary N) is 2. The van der Waals surface area contributed by atoms with E-state index in [4.69, 9.17) is 4.74 Å². The van der Waals surface area contributed by atoms with E-state index >= 15 is 0 Å². The molecule has 3 aromatic carbocycles. The SMILES string of the molecule is Cn1c(C(=O)NC2(c3ccc(C(=O)O)cc3)COC2)c(Nc2cccc(C(F)(F)F)c2)c2ccccc21. The van der Waals surface area contributed by atoms with Crippen molar-refractivity contribution in [3.8, 4) is 0 Å². The Balaban J connectivity index is 1.53. The molecule has 0 spiro atoms. The van der Waals surface area contributed by atoms with Crippen LogP contribution < -0.4 is 10.6 Å². The van der Waals surface area contributed by atoms with E-state index in [-0.39, 0.29) is 30.2 Å². The van der Waals surface area contributed by atoms with Crippen LogP contribution in [0.1, 0.15) is 32.0 Å². The second-order valence-corrected chi connectivity index (χ2v) is 8.91. The number of carboxylic acids is 1. The zero-order chi connectivity index (χ0) is 26.4. The van der Waals surface area contributed by atoms with Crippen molar-refractivity contribution in [2.24, 2.45) is 7.05 Å². The zero-order valence-corrected chi connectivity index (χ0v) is 19.6. The molecule has 1 fully saturated rings. The molecule has 1 aliphatic rings. The second kappa shape index (κ2) is 8.97. The Kier molecular flexibility index (Phi) is 5.91. The number of fused-ring (bicyclic) bond motifs is 1. The maximum atomic E-state index is 13.7. The summed E-state index contributed by atoms with van der Waals surface area (Å²) in [7, 11) is 1.71. The van der Waals surface area contributed by atoms with Crippen molar-refractivity contribution in [2.75, 3.05) is 18.5 Å². The number of para-hydroxylation sites is 1. The van der Waals surface area contributed by atoms with Crippen LogP contribution in [0.2, 0.25) is 0 Å². The van der Waals surface area contributed by atoms with Gasteiger partial charge in [0.25, 0.3) is 5.91 Å². The summed E-state index contributed by atoms with van der Waals surface area (Å²) in [5.74, 6) is -1.52. The highest BCUT2D eigenvalue weighted by molar-refractivity contribution is 6.10. The Morgan fingerprint density at radius 3 is 2.32 bits per heavy atom. The van der Waals surface area contributed by atoms with Crippen molar-refractivity contribution in [3.05, 3.63) is 95.2 Å². The summed E-state index contributed by atoms with van der Waals surface area (Å²) in [4.78, 5) is 25.0. The largest absolute Gasteiger partial charge is 0.478 e. The summed E-state index contributed by atoms with van der Waals surface area (Å²) in [6, 6.07) is 18.2. The number of alkyl halides is 3. The number of amides is 1. The molecule has 0 bridgehead atoms. The van der Waals surface area contributed by atoms with E-state index in [0.717, 1.165) is 12.1 Å². The molecule has 0 saturated carbocycles. The number of benzene rings is 3. The van der Waals surface area contributed by atoms with Gasteiger partial charge in [-0.1, -0.05) is 36.4 Å². The lowest BCUT2D eigenvalue weighted by Crippen LogP contribution is -2.59. The highest BCUT2D eigenvalue weighted by Gasteiger charge is 2.43. The molecule has 0 aliphatic carbocycles. The Bertz CT molecular complexity index is 1510. The van der Waals surface area contributed by atoms with Gasteiger partial charge in [0, 0.05) is 18.1 Å². The van der Waals surface area contributed by atoms with Crippen LogP contribution in [0, 0.1) is 0 Å². The Labute approximate surface area is 209 Å². The van der Waals surface area contributed by atoms with Crippen molar-refractivity contribution in [3.63, 3.8) is 0 Å². The van der Waals surface area contributed by atoms with Crippen molar-refractivity contribution in [1.29, 1.82) is 0 Å². The highest BCUT2D eigenvalue weighted by Crippen LogP contribution is 2.37. The zero-order valence-electron chi connectivity index (χ0n) is 19.6. The fraction of sp³-hybridized carbons (Fsp3) is 0.185. The third kappa shape index (κ3) is 4.40. The van der Waals surface area contributed by atoms with Crippen LogP contribution in [0.5, 0.6) is 0 Å². The minimum absolute atomic E-state index is 0.117. The van der Waals surface area contributed by atoms with Gasteiger partial charge < -0.3 is 25.0 Å². The van der Waals surface area contributed by atoms with Gasteiger partial charge in [-0.2, -0.15) is 13.2 Å². The van der Waals surface area contributed by atoms with Gasteiger partial charge in [-0.05, 0) is 42.0 Å². The maximum absolute atomic E-state index is 13.7. The minimum Gasteiger partial charge on any atom is -0.478 e. The predicted octanol–water partition coefficient (Wildman–Crippen LogP) is 5.29. The first kappa shape index (κ1) is 24.4. The van der Waals surface area contributed by atoms with E-state index in [1.165, 1.54) is 24.3 Å². The summed E-state index contributed by atoms with van der Waals surface area (Å²) < 4.78 is 47.0. The maximum Gasteiger partial charge on any atom is 0.416 e. The normalized spacial score (nSPS) is 14.7. The van der Waals surface area contributed by atoms with E-state index in [2.05, 4.69) is 10.6 Å². The van der Waals surface area contributed by atoms with E-state index in [1.54, 1.807) is 35.9 Å². The summed E-state index contributed by atoms with van der Waals surface area (Å²) in [6.07, 6.45) is -4.51. The first-order valence-corrected chi connectivity index (χ1v) is 11.3. The smallest absolute Gasteiger partial charge is 0.416 e. The Morgan fingerprint density at radius 1 is 1.00 bits per heavy atom. The molecule has 1 aromatic heterocycles. The van der Waals surface area contributed by atoms with Crippen LogP contribution in [0.4, 0.5) is 24.5 Å². The number of rotatable bonds is 6. The van der Waals surface area contributed by atoms with Gasteiger partial charge >= 0.3 is 12.1 Å². The molecule has 190 valence electrons. The van der Waals surface area contributed by atoms with Gasteiger partial charge in [0.1, 0.15) is 11.2 Å². The topological polar surface area (TPSA) is 92.6 Å². The van der Waals surface area contributed by atoms with Crippen LogP contribution in [-0.4, -0.2) is 34.8 Å². The summed E-state index contributed by atoms with van der Waals surface area (Å²) in [6.45, 7) is 0.372. The molecule has 37 heavy (non-hydrogen) atoms. The molecule has 0 atom stereocenters. The van der Waals surface area contributed by atoms with E-state index in [0.29, 0.717) is 22.2 Å². The number of aromatic nitrogens is 1. The number of aryl methyl sites for hydroxylation is 1. The first-order valence-electron chi connectivity index (χ1n) is 11.3. The average molecular weight is 509 g/mol. The molecule has 5 rings (SSSR count). The molecule has 1 amide bonds. The third-order valence-corrected chi connectivity index (χ3v) is 6.52. The number of aromatic carboxylic acids is 1. The molecule has 0 unspecified atom stereocenters. The molecule has 1 aliphatic heterocycles. The van der Waals surface area contributed by atoms with Gasteiger partial charge in [-0.3, -0.25) is 4.79 Å². The fourth-order valence-corrected chi connectivity index (χ4v) is 4.53. The minimum atomic E-state index is -4.51. The lowest BCUT2D eigenvalue weighted by molar-refractivity contribution is -0.137. The number of nitrogens with zero attached hydrogens (tertiary/aromatic N) is 1. The van der Waals surface area contributed by atoms with Gasteiger partial charge in [0.05, 0.1) is 35.5 Å². The summed E-state index contributed by atoms with van der Waals surface area (Å²) in [5, 5.41) is 15.9.